The molecule has 1 fully saturated rings. The summed E-state index contributed by atoms with van der Waals surface area (Å²) in [6.45, 7) is 7.73. The molecule has 0 saturated carbocycles. The van der Waals surface area contributed by atoms with Crippen LogP contribution in [0.3, 0.4) is 0 Å². The van der Waals surface area contributed by atoms with Crippen LogP contribution in [0.1, 0.15) is 25.0 Å². The minimum atomic E-state index is -0.621. The lowest BCUT2D eigenvalue weighted by atomic mass is 9.93. The van der Waals surface area contributed by atoms with Crippen molar-refractivity contribution in [2.45, 2.75) is 19.4 Å². The van der Waals surface area contributed by atoms with Crippen LogP contribution in [-0.2, 0) is 9.53 Å². The number of pyridine rings is 1. The number of nitrogens with zero attached hydrogens (tertiary/aromatic N) is 2. The predicted octanol–water partition coefficient (Wildman–Crippen LogP) is 3.19. The molecule has 5 rings (SSSR count). The number of amides is 1. The Kier molecular flexibility index (Phi) is 4.36. The highest BCUT2D eigenvalue weighted by Gasteiger charge is 2.38. The molecule has 0 bridgehead atoms. The van der Waals surface area contributed by atoms with E-state index in [4.69, 9.17) is 4.74 Å². The van der Waals surface area contributed by atoms with Crippen LogP contribution in [0.2, 0.25) is 0 Å². The zero-order valence-corrected chi connectivity index (χ0v) is 17.0. The fraction of sp³-hybridized carbons (Fsp3) is 0.304. The van der Waals surface area contributed by atoms with Gasteiger partial charge in [-0.1, -0.05) is 0 Å². The molecule has 0 spiro atoms. The van der Waals surface area contributed by atoms with E-state index in [0.29, 0.717) is 22.6 Å². The number of hydrogen-bond donors (Lipinski definition) is 2. The highest BCUT2D eigenvalue weighted by Crippen LogP contribution is 2.44. The first kappa shape index (κ1) is 18.8. The van der Waals surface area contributed by atoms with Crippen molar-refractivity contribution in [3.8, 4) is 0 Å². The number of ether oxygens (including phenoxy) is 1. The zero-order chi connectivity index (χ0) is 20.9. The Morgan fingerprint density at radius 2 is 1.97 bits per heavy atom. The largest absolute Gasteiger partial charge is 0.482 e. The van der Waals surface area contributed by atoms with Crippen molar-refractivity contribution in [2.75, 3.05) is 36.4 Å². The van der Waals surface area contributed by atoms with Gasteiger partial charge >= 0.3 is 0 Å². The number of benzene rings is 1. The summed E-state index contributed by atoms with van der Waals surface area (Å²) in [4.78, 5) is 19.5. The molecule has 2 N–H and O–H groups in total. The van der Waals surface area contributed by atoms with E-state index < -0.39 is 5.60 Å². The zero-order valence-electron chi connectivity index (χ0n) is 17.0. The lowest BCUT2D eigenvalue weighted by Gasteiger charge is -2.28. The molecule has 0 radical (unpaired) electrons. The minimum absolute atomic E-state index is 0.286. The van der Waals surface area contributed by atoms with Gasteiger partial charge in [0.15, 0.2) is 0 Å². The summed E-state index contributed by atoms with van der Waals surface area (Å²) >= 11 is 0. The van der Waals surface area contributed by atoms with Crippen molar-refractivity contribution in [3.05, 3.63) is 65.3 Å². The molecule has 1 saturated heterocycles. The highest BCUT2D eigenvalue weighted by atomic mass is 19.1. The number of hydrogen-bond acceptors (Lipinski definition) is 5. The van der Waals surface area contributed by atoms with Crippen molar-refractivity contribution in [2.24, 2.45) is 0 Å². The summed E-state index contributed by atoms with van der Waals surface area (Å²) in [7, 11) is 0. The molecule has 1 amide bonds. The first-order valence-electron chi connectivity index (χ1n) is 10.1. The summed E-state index contributed by atoms with van der Waals surface area (Å²) in [6.07, 6.45) is 3.76. The number of piperazine rings is 1. The average Bonchev–Trinajstić information content (AvgIpc) is 3.23. The molecule has 154 valence electrons. The Balaban J connectivity index is 1.51. The van der Waals surface area contributed by atoms with E-state index in [2.05, 4.69) is 20.5 Å². The number of anilines is 2. The van der Waals surface area contributed by atoms with Crippen LogP contribution in [0.5, 0.6) is 0 Å². The van der Waals surface area contributed by atoms with Crippen LogP contribution in [-0.4, -0.2) is 42.7 Å². The third-order valence-electron chi connectivity index (χ3n) is 5.76. The van der Waals surface area contributed by atoms with Crippen molar-refractivity contribution >= 4 is 28.6 Å². The van der Waals surface area contributed by atoms with Crippen LogP contribution < -0.4 is 15.5 Å². The molecule has 3 aliphatic rings. The molecule has 7 heteroatoms. The van der Waals surface area contributed by atoms with E-state index in [-0.39, 0.29) is 11.7 Å². The molecule has 4 heterocycles. The van der Waals surface area contributed by atoms with Gasteiger partial charge in [-0.2, -0.15) is 0 Å². The molecule has 6 nitrogen and oxygen atoms in total. The minimum Gasteiger partial charge on any atom is -0.482 e. The van der Waals surface area contributed by atoms with Crippen LogP contribution in [0, 0.1) is 5.82 Å². The van der Waals surface area contributed by atoms with Gasteiger partial charge in [-0.05, 0) is 50.3 Å². The third kappa shape index (κ3) is 3.15. The number of halogens is 1. The molecular weight excluding hydrogens is 383 g/mol. The maximum absolute atomic E-state index is 13.5. The van der Waals surface area contributed by atoms with Gasteiger partial charge in [-0.25, -0.2) is 9.37 Å². The molecule has 2 aromatic rings. The number of fused-ring (bicyclic) bond motifs is 1. The van der Waals surface area contributed by atoms with E-state index in [1.807, 2.05) is 38.3 Å². The topological polar surface area (TPSA) is 66.5 Å². The predicted molar refractivity (Wildman–Crippen MR) is 114 cm³/mol. The summed E-state index contributed by atoms with van der Waals surface area (Å²) in [6, 6.07) is 8.36. The number of aromatic nitrogens is 1. The first-order chi connectivity index (χ1) is 14.4. The fourth-order valence-electron chi connectivity index (χ4n) is 4.23. The van der Waals surface area contributed by atoms with Gasteiger partial charge in [-0.3, -0.25) is 4.79 Å². The van der Waals surface area contributed by atoms with Crippen LogP contribution in [0.4, 0.5) is 15.9 Å². The normalized spacial score (nSPS) is 22.4. The van der Waals surface area contributed by atoms with Crippen molar-refractivity contribution in [3.63, 3.8) is 0 Å². The number of nitrogens with one attached hydrogen (secondary N) is 2. The smallest absolute Gasteiger partial charge is 0.260 e. The molecule has 1 aromatic heterocycles. The summed E-state index contributed by atoms with van der Waals surface area (Å²) in [5.74, 6) is 0.775. The highest BCUT2D eigenvalue weighted by molar-refractivity contribution is 6.32. The van der Waals surface area contributed by atoms with Gasteiger partial charge in [0.1, 0.15) is 23.0 Å². The standard InChI is InChI=1S/C23H23FN4O2/c1-23(2)17(14-3-6-20(26-13-14)28-9-7-25-8-10-28)12-19(30-23)21-16-5-4-15(24)11-18(16)27-22(21)29/h3-6,11-13,25H,7-10H2,1-2H3,(H,27,29). The molecule has 3 aliphatic heterocycles. The van der Waals surface area contributed by atoms with E-state index in [1.54, 1.807) is 6.07 Å². The Bertz CT molecular complexity index is 1080. The summed E-state index contributed by atoms with van der Waals surface area (Å²) < 4.78 is 19.7. The van der Waals surface area contributed by atoms with Gasteiger partial charge in [0.25, 0.3) is 5.91 Å². The Morgan fingerprint density at radius 3 is 2.70 bits per heavy atom. The number of carbonyl (C=O) groups is 1. The van der Waals surface area contributed by atoms with Gasteiger partial charge in [-0.15, -0.1) is 0 Å². The molecule has 1 aromatic carbocycles. The van der Waals surface area contributed by atoms with Crippen LogP contribution >= 0.6 is 0 Å². The monoisotopic (exact) mass is 406 g/mol. The third-order valence-corrected chi connectivity index (χ3v) is 5.76. The number of rotatable bonds is 2. The molecule has 0 atom stereocenters. The average molecular weight is 406 g/mol. The van der Waals surface area contributed by atoms with Gasteiger partial charge in [0.05, 0.1) is 11.3 Å². The maximum Gasteiger partial charge on any atom is 0.260 e. The van der Waals surface area contributed by atoms with E-state index in [1.165, 1.54) is 12.1 Å². The Hall–Kier alpha value is -3.19. The van der Waals surface area contributed by atoms with Gasteiger partial charge in [0.2, 0.25) is 0 Å². The van der Waals surface area contributed by atoms with Crippen LogP contribution in [0.15, 0.2) is 48.4 Å². The van der Waals surface area contributed by atoms with Gasteiger partial charge in [0, 0.05) is 49.1 Å². The second kappa shape index (κ2) is 6.95. The maximum atomic E-state index is 13.5. The fourth-order valence-corrected chi connectivity index (χ4v) is 4.23. The molecular formula is C23H23FN4O2. The lowest BCUT2D eigenvalue weighted by molar-refractivity contribution is -0.111. The first-order valence-corrected chi connectivity index (χ1v) is 10.1. The second-order valence-electron chi connectivity index (χ2n) is 8.20. The quantitative estimate of drug-likeness (QED) is 0.750. The molecule has 0 unspecified atom stereocenters. The lowest BCUT2D eigenvalue weighted by Crippen LogP contribution is -2.43. The SMILES string of the molecule is CC1(C)OC(=C2C(=O)Nc3cc(F)ccc32)C=C1c1ccc(N2CCNCC2)nc1. The Labute approximate surface area is 174 Å². The number of carbonyl (C=O) groups excluding carboxylic acids is 1. The summed E-state index contributed by atoms with van der Waals surface area (Å²) in [5.41, 5.74) is 2.83. The Morgan fingerprint density at radius 1 is 1.17 bits per heavy atom. The summed E-state index contributed by atoms with van der Waals surface area (Å²) in [5, 5.41) is 6.06. The van der Waals surface area contributed by atoms with Crippen molar-refractivity contribution < 1.29 is 13.9 Å². The molecule has 0 aliphatic carbocycles. The van der Waals surface area contributed by atoms with Gasteiger partial charge < -0.3 is 20.3 Å². The second-order valence-corrected chi connectivity index (χ2v) is 8.20. The van der Waals surface area contributed by atoms with Crippen molar-refractivity contribution in [1.29, 1.82) is 0 Å². The van der Waals surface area contributed by atoms with Crippen molar-refractivity contribution in [1.82, 2.24) is 10.3 Å². The van der Waals surface area contributed by atoms with E-state index in [0.717, 1.165) is 43.1 Å². The number of allylic oxidation sites excluding steroid dienone is 1. The van der Waals surface area contributed by atoms with Crippen LogP contribution in [0.25, 0.3) is 11.1 Å². The van der Waals surface area contributed by atoms with E-state index >= 15 is 0 Å². The molecule has 30 heavy (non-hydrogen) atoms. The van der Waals surface area contributed by atoms with E-state index in [9.17, 15) is 9.18 Å².